The second-order valence-corrected chi connectivity index (χ2v) is 10.3. The summed E-state index contributed by atoms with van der Waals surface area (Å²) in [5.41, 5.74) is 0. The molecule has 0 heterocycles. The lowest BCUT2D eigenvalue weighted by molar-refractivity contribution is -0.145. The maximum atomic E-state index is 11.2. The van der Waals surface area contributed by atoms with Gasteiger partial charge in [0.1, 0.15) is 0 Å². The molecule has 4 heteroatoms. The molecule has 0 saturated carbocycles. The van der Waals surface area contributed by atoms with Crippen LogP contribution in [0.3, 0.4) is 0 Å². The molecule has 0 aromatic rings. The van der Waals surface area contributed by atoms with E-state index in [9.17, 15) is 4.79 Å². The van der Waals surface area contributed by atoms with Gasteiger partial charge in [-0.2, -0.15) is 0 Å². The van der Waals surface area contributed by atoms with Crippen molar-refractivity contribution in [3.8, 4) is 0 Å². The molecule has 0 aromatic carbocycles. The van der Waals surface area contributed by atoms with Gasteiger partial charge < -0.3 is 9.16 Å². The Morgan fingerprint density at radius 1 is 1.33 bits per heavy atom. The lowest BCUT2D eigenvalue weighted by atomic mass is 10.2. The quantitative estimate of drug-likeness (QED) is 0.552. The van der Waals surface area contributed by atoms with Gasteiger partial charge in [-0.3, -0.25) is 4.79 Å². The van der Waals surface area contributed by atoms with E-state index in [1.807, 2.05) is 6.92 Å². The molecule has 0 bridgehead atoms. The van der Waals surface area contributed by atoms with Gasteiger partial charge in [-0.05, 0) is 25.1 Å². The van der Waals surface area contributed by atoms with Crippen LogP contribution in [0.25, 0.3) is 0 Å². The largest absolute Gasteiger partial charge is 0.469 e. The molecule has 90 valence electrons. The minimum absolute atomic E-state index is 0.177. The van der Waals surface area contributed by atoms with Crippen molar-refractivity contribution in [2.75, 3.05) is 13.7 Å². The number of hydrogen-bond donors (Lipinski definition) is 0. The van der Waals surface area contributed by atoms with Crippen molar-refractivity contribution in [2.24, 2.45) is 5.92 Å². The highest BCUT2D eigenvalue weighted by molar-refractivity contribution is 6.74. The first-order valence-electron chi connectivity index (χ1n) is 5.33. The van der Waals surface area contributed by atoms with Crippen LogP contribution in [0.1, 0.15) is 27.7 Å². The van der Waals surface area contributed by atoms with E-state index in [1.54, 1.807) is 0 Å². The molecule has 0 aliphatic heterocycles. The summed E-state index contributed by atoms with van der Waals surface area (Å²) in [7, 11) is -0.326. The van der Waals surface area contributed by atoms with Crippen molar-refractivity contribution in [1.82, 2.24) is 0 Å². The second kappa shape index (κ2) is 5.12. The molecule has 0 radical (unpaired) electrons. The molecule has 0 unspecified atom stereocenters. The molecule has 0 N–H and O–H groups in total. The Balaban J connectivity index is 4.22. The van der Waals surface area contributed by atoms with Gasteiger partial charge in [-0.15, -0.1) is 0 Å². The number of hydrogen-bond acceptors (Lipinski definition) is 3. The summed E-state index contributed by atoms with van der Waals surface area (Å²) in [5, 5.41) is 0.183. The van der Waals surface area contributed by atoms with Crippen LogP contribution in [-0.4, -0.2) is 28.0 Å². The zero-order chi connectivity index (χ0) is 12.3. The van der Waals surface area contributed by atoms with Crippen molar-refractivity contribution in [3.05, 3.63) is 0 Å². The minimum atomic E-state index is -1.73. The molecular formula is C11H24O3Si. The van der Waals surface area contributed by atoms with E-state index in [2.05, 4.69) is 38.6 Å². The summed E-state index contributed by atoms with van der Waals surface area (Å²) in [5.74, 6) is -0.377. The average Bonchev–Trinajstić information content (AvgIpc) is 2.11. The van der Waals surface area contributed by atoms with Gasteiger partial charge in [0.25, 0.3) is 0 Å². The predicted octanol–water partition coefficient (Wildman–Crippen LogP) is 2.82. The van der Waals surface area contributed by atoms with Crippen LogP contribution in [0.4, 0.5) is 0 Å². The van der Waals surface area contributed by atoms with E-state index in [1.165, 1.54) is 7.11 Å². The standard InChI is InChI=1S/C11H24O3Si/c1-9(10(12)13-5)8-14-15(6,7)11(2,3)4/h9H,8H2,1-7H3/t9-/m0/s1. The Labute approximate surface area is 94.3 Å². The Morgan fingerprint density at radius 2 is 1.80 bits per heavy atom. The normalized spacial score (nSPS) is 14.9. The van der Waals surface area contributed by atoms with Gasteiger partial charge in [-0.25, -0.2) is 0 Å². The fraction of sp³-hybridized carbons (Fsp3) is 0.909. The van der Waals surface area contributed by atoms with E-state index in [-0.39, 0.29) is 16.9 Å². The van der Waals surface area contributed by atoms with Gasteiger partial charge in [0.2, 0.25) is 0 Å². The number of ether oxygens (including phenoxy) is 1. The van der Waals surface area contributed by atoms with Crippen LogP contribution in [0, 0.1) is 5.92 Å². The fourth-order valence-corrected chi connectivity index (χ4v) is 1.92. The summed E-state index contributed by atoms with van der Waals surface area (Å²) >= 11 is 0. The highest BCUT2D eigenvalue weighted by Crippen LogP contribution is 2.36. The van der Waals surface area contributed by atoms with Crippen LogP contribution in [0.15, 0.2) is 0 Å². The highest BCUT2D eigenvalue weighted by atomic mass is 28.4. The van der Waals surface area contributed by atoms with Crippen LogP contribution < -0.4 is 0 Å². The monoisotopic (exact) mass is 232 g/mol. The smallest absolute Gasteiger partial charge is 0.310 e. The average molecular weight is 232 g/mol. The third-order valence-electron chi connectivity index (χ3n) is 3.10. The summed E-state index contributed by atoms with van der Waals surface area (Å²) in [6, 6.07) is 0. The first kappa shape index (κ1) is 14.6. The molecule has 0 saturated heterocycles. The topological polar surface area (TPSA) is 35.5 Å². The van der Waals surface area contributed by atoms with Crippen LogP contribution in [0.2, 0.25) is 18.1 Å². The van der Waals surface area contributed by atoms with Gasteiger partial charge in [0.15, 0.2) is 8.32 Å². The Bertz CT molecular complexity index is 218. The first-order valence-corrected chi connectivity index (χ1v) is 8.24. The number of esters is 1. The van der Waals surface area contributed by atoms with Crippen molar-refractivity contribution >= 4 is 14.3 Å². The number of carbonyl (C=O) groups excluding carboxylic acids is 1. The van der Waals surface area contributed by atoms with Crippen molar-refractivity contribution < 1.29 is 14.0 Å². The lowest BCUT2D eigenvalue weighted by Crippen LogP contribution is -2.42. The molecule has 0 spiro atoms. The summed E-state index contributed by atoms with van der Waals surface area (Å²) in [6.07, 6.45) is 0. The van der Waals surface area contributed by atoms with Crippen molar-refractivity contribution in [2.45, 2.75) is 45.8 Å². The zero-order valence-corrected chi connectivity index (χ0v) is 12.0. The Morgan fingerprint density at radius 3 is 2.13 bits per heavy atom. The van der Waals surface area contributed by atoms with Gasteiger partial charge >= 0.3 is 5.97 Å². The Kier molecular flexibility index (Phi) is 5.00. The van der Waals surface area contributed by atoms with Gasteiger partial charge in [0, 0.05) is 6.61 Å². The van der Waals surface area contributed by atoms with Crippen molar-refractivity contribution in [3.63, 3.8) is 0 Å². The third kappa shape index (κ3) is 4.34. The molecule has 1 atom stereocenters. The summed E-state index contributed by atoms with van der Waals surface area (Å²) < 4.78 is 10.6. The minimum Gasteiger partial charge on any atom is -0.469 e. The summed E-state index contributed by atoms with van der Waals surface area (Å²) in [6.45, 7) is 13.2. The molecule has 0 amide bonds. The van der Waals surface area contributed by atoms with E-state index in [0.717, 1.165) is 0 Å². The fourth-order valence-electron chi connectivity index (χ4n) is 0.819. The van der Waals surface area contributed by atoms with E-state index < -0.39 is 8.32 Å². The second-order valence-electron chi connectivity index (χ2n) is 5.50. The third-order valence-corrected chi connectivity index (χ3v) is 7.60. The molecule has 3 nitrogen and oxygen atoms in total. The first-order chi connectivity index (χ1) is 6.62. The Hall–Kier alpha value is -0.353. The highest BCUT2D eigenvalue weighted by Gasteiger charge is 2.37. The zero-order valence-electron chi connectivity index (χ0n) is 11.0. The molecule has 0 aliphatic rings. The van der Waals surface area contributed by atoms with Gasteiger partial charge in [-0.1, -0.05) is 20.8 Å². The SMILES string of the molecule is COC(=O)[C@@H](C)CO[Si](C)(C)C(C)(C)C. The lowest BCUT2D eigenvalue weighted by Gasteiger charge is -2.36. The number of rotatable bonds is 4. The van der Waals surface area contributed by atoms with E-state index >= 15 is 0 Å². The summed E-state index contributed by atoms with van der Waals surface area (Å²) in [4.78, 5) is 11.2. The van der Waals surface area contributed by atoms with E-state index in [0.29, 0.717) is 6.61 Å². The maximum absolute atomic E-state index is 11.2. The van der Waals surface area contributed by atoms with Crippen molar-refractivity contribution in [1.29, 1.82) is 0 Å². The molecule has 0 aliphatic carbocycles. The maximum Gasteiger partial charge on any atom is 0.310 e. The van der Waals surface area contributed by atoms with E-state index in [4.69, 9.17) is 4.43 Å². The van der Waals surface area contributed by atoms with Crippen LogP contribution >= 0.6 is 0 Å². The molecular weight excluding hydrogens is 208 g/mol. The van der Waals surface area contributed by atoms with Crippen LogP contribution in [-0.2, 0) is 14.0 Å². The number of carbonyl (C=O) groups is 1. The predicted molar refractivity (Wildman–Crippen MR) is 64.3 cm³/mol. The molecule has 15 heavy (non-hydrogen) atoms. The van der Waals surface area contributed by atoms with Gasteiger partial charge in [0.05, 0.1) is 13.0 Å². The molecule has 0 aromatic heterocycles. The molecule has 0 rings (SSSR count). The van der Waals surface area contributed by atoms with Crippen LogP contribution in [0.5, 0.6) is 0 Å². The molecule has 0 fully saturated rings. The number of methoxy groups -OCH3 is 1.